The molecule has 1 aromatic heterocycles. The van der Waals surface area contributed by atoms with Crippen molar-refractivity contribution in [2.24, 2.45) is 0 Å². The second-order valence-corrected chi connectivity index (χ2v) is 7.40. The highest BCUT2D eigenvalue weighted by atomic mass is 35.5. The average molecular weight is 423 g/mol. The van der Waals surface area contributed by atoms with Crippen LogP contribution in [-0.4, -0.2) is 44.2 Å². The first-order valence-corrected chi connectivity index (χ1v) is 10.2. The molecule has 4 rings (SSSR count). The number of amides is 1. The first-order chi connectivity index (χ1) is 14.6. The lowest BCUT2D eigenvalue weighted by Crippen LogP contribution is -2.46. The minimum Gasteiger partial charge on any atom is -0.495 e. The maximum Gasteiger partial charge on any atom is 0.257 e. The predicted molar refractivity (Wildman–Crippen MR) is 121 cm³/mol. The zero-order chi connectivity index (χ0) is 20.9. The normalized spacial score (nSPS) is 13.8. The van der Waals surface area contributed by atoms with Crippen LogP contribution in [0.15, 0.2) is 66.9 Å². The van der Waals surface area contributed by atoms with Gasteiger partial charge in [0.1, 0.15) is 10.9 Å². The highest BCUT2D eigenvalue weighted by molar-refractivity contribution is 6.29. The van der Waals surface area contributed by atoms with E-state index in [2.05, 4.69) is 26.2 Å². The van der Waals surface area contributed by atoms with Crippen LogP contribution in [0.3, 0.4) is 0 Å². The van der Waals surface area contributed by atoms with E-state index in [0.29, 0.717) is 10.7 Å². The topological polar surface area (TPSA) is 57.7 Å². The number of anilines is 3. The number of para-hydroxylation sites is 2. The molecule has 2 aromatic carbocycles. The third kappa shape index (κ3) is 4.49. The summed E-state index contributed by atoms with van der Waals surface area (Å²) in [6, 6.07) is 19.3. The second kappa shape index (κ2) is 9.05. The van der Waals surface area contributed by atoms with Crippen LogP contribution in [0.25, 0.3) is 0 Å². The Hall–Kier alpha value is -3.25. The molecule has 154 valence electrons. The Kier molecular flexibility index (Phi) is 6.05. The molecule has 0 atom stereocenters. The van der Waals surface area contributed by atoms with Crippen molar-refractivity contribution in [3.05, 3.63) is 77.6 Å². The lowest BCUT2D eigenvalue weighted by atomic mass is 10.2. The van der Waals surface area contributed by atoms with Crippen LogP contribution in [0.5, 0.6) is 5.75 Å². The summed E-state index contributed by atoms with van der Waals surface area (Å²) < 4.78 is 5.49. The van der Waals surface area contributed by atoms with Gasteiger partial charge in [-0.2, -0.15) is 0 Å². The van der Waals surface area contributed by atoms with E-state index in [1.54, 1.807) is 19.2 Å². The van der Waals surface area contributed by atoms with Crippen LogP contribution in [-0.2, 0) is 0 Å². The van der Waals surface area contributed by atoms with E-state index in [1.165, 1.54) is 6.20 Å². The highest BCUT2D eigenvalue weighted by Gasteiger charge is 2.19. The molecule has 1 fully saturated rings. The number of hydrogen-bond acceptors (Lipinski definition) is 5. The van der Waals surface area contributed by atoms with Crippen LogP contribution in [0.1, 0.15) is 10.4 Å². The minimum atomic E-state index is -0.211. The average Bonchev–Trinajstić information content (AvgIpc) is 2.80. The summed E-state index contributed by atoms with van der Waals surface area (Å²) in [5.74, 6) is 0.694. The molecule has 1 aliphatic rings. The molecule has 0 spiro atoms. The minimum absolute atomic E-state index is 0.211. The van der Waals surface area contributed by atoms with Crippen molar-refractivity contribution in [2.75, 3.05) is 48.4 Å². The number of nitrogens with zero attached hydrogens (tertiary/aromatic N) is 3. The Labute approximate surface area is 181 Å². The van der Waals surface area contributed by atoms with Gasteiger partial charge in [-0.05, 0) is 48.5 Å². The van der Waals surface area contributed by atoms with Gasteiger partial charge in [0.25, 0.3) is 5.91 Å². The van der Waals surface area contributed by atoms with Crippen molar-refractivity contribution in [3.63, 3.8) is 0 Å². The number of rotatable bonds is 5. The summed E-state index contributed by atoms with van der Waals surface area (Å²) in [6.45, 7) is 3.67. The predicted octanol–water partition coefficient (Wildman–Crippen LogP) is 4.32. The monoisotopic (exact) mass is 422 g/mol. The van der Waals surface area contributed by atoms with Gasteiger partial charge in [-0.15, -0.1) is 0 Å². The molecule has 0 aliphatic carbocycles. The molecule has 1 amide bonds. The molecule has 7 heteroatoms. The third-order valence-corrected chi connectivity index (χ3v) is 5.41. The van der Waals surface area contributed by atoms with Gasteiger partial charge in [-0.3, -0.25) is 4.79 Å². The molecule has 6 nitrogen and oxygen atoms in total. The van der Waals surface area contributed by atoms with E-state index in [4.69, 9.17) is 16.3 Å². The number of pyridine rings is 1. The maximum absolute atomic E-state index is 12.3. The van der Waals surface area contributed by atoms with Gasteiger partial charge in [0, 0.05) is 43.8 Å². The Morgan fingerprint density at radius 3 is 2.33 bits per heavy atom. The van der Waals surface area contributed by atoms with Gasteiger partial charge in [-0.1, -0.05) is 23.7 Å². The van der Waals surface area contributed by atoms with Crippen molar-refractivity contribution in [3.8, 4) is 5.75 Å². The molecular formula is C23H23ClN4O2. The molecule has 0 unspecified atom stereocenters. The zero-order valence-corrected chi connectivity index (χ0v) is 17.5. The van der Waals surface area contributed by atoms with Crippen molar-refractivity contribution >= 4 is 34.6 Å². The molecule has 2 heterocycles. The van der Waals surface area contributed by atoms with Gasteiger partial charge in [-0.25, -0.2) is 4.98 Å². The summed E-state index contributed by atoms with van der Waals surface area (Å²) in [5, 5.41) is 3.25. The smallest absolute Gasteiger partial charge is 0.257 e. The first kappa shape index (κ1) is 20.0. The number of ether oxygens (including phenoxy) is 1. The van der Waals surface area contributed by atoms with Crippen molar-refractivity contribution in [1.29, 1.82) is 0 Å². The number of hydrogen-bond donors (Lipinski definition) is 1. The lowest BCUT2D eigenvalue weighted by molar-refractivity contribution is 0.102. The molecule has 0 saturated carbocycles. The molecule has 1 aliphatic heterocycles. The number of piperazine rings is 1. The number of nitrogens with one attached hydrogen (secondary N) is 1. The number of carbonyl (C=O) groups excluding carboxylic acids is 1. The standard InChI is InChI=1S/C23H23ClN4O2/c1-30-21-5-3-2-4-20(21)28-14-12-27(13-15-28)19-9-7-18(8-10-19)26-23(29)17-6-11-22(24)25-16-17/h2-11,16H,12-15H2,1H3,(H,26,29). The Morgan fingerprint density at radius 2 is 1.67 bits per heavy atom. The quantitative estimate of drug-likeness (QED) is 0.620. The first-order valence-electron chi connectivity index (χ1n) is 9.80. The van der Waals surface area contributed by atoms with E-state index in [0.717, 1.165) is 49.0 Å². The van der Waals surface area contributed by atoms with Crippen LogP contribution in [0, 0.1) is 0 Å². The molecule has 3 aromatic rings. The maximum atomic E-state index is 12.3. The Bertz CT molecular complexity index is 1000. The summed E-state index contributed by atoms with van der Waals surface area (Å²) in [6.07, 6.45) is 1.47. The molecule has 0 radical (unpaired) electrons. The van der Waals surface area contributed by atoms with E-state index in [1.807, 2.05) is 42.5 Å². The highest BCUT2D eigenvalue weighted by Crippen LogP contribution is 2.29. The van der Waals surface area contributed by atoms with Crippen LogP contribution in [0.2, 0.25) is 5.15 Å². The number of methoxy groups -OCH3 is 1. The molecule has 0 bridgehead atoms. The third-order valence-electron chi connectivity index (χ3n) is 5.19. The summed E-state index contributed by atoms with van der Waals surface area (Å²) in [4.78, 5) is 21.0. The fourth-order valence-corrected chi connectivity index (χ4v) is 3.68. The lowest BCUT2D eigenvalue weighted by Gasteiger charge is -2.37. The fraction of sp³-hybridized carbons (Fsp3) is 0.217. The van der Waals surface area contributed by atoms with Gasteiger partial charge in [0.2, 0.25) is 0 Å². The van der Waals surface area contributed by atoms with E-state index >= 15 is 0 Å². The van der Waals surface area contributed by atoms with Gasteiger partial charge in [0.05, 0.1) is 18.4 Å². The molecule has 1 saturated heterocycles. The summed E-state index contributed by atoms with van der Waals surface area (Å²) in [7, 11) is 1.71. The van der Waals surface area contributed by atoms with Crippen LogP contribution < -0.4 is 19.9 Å². The van der Waals surface area contributed by atoms with Gasteiger partial charge in [0.15, 0.2) is 0 Å². The van der Waals surface area contributed by atoms with Crippen molar-refractivity contribution in [2.45, 2.75) is 0 Å². The molecule has 30 heavy (non-hydrogen) atoms. The largest absolute Gasteiger partial charge is 0.495 e. The van der Waals surface area contributed by atoms with E-state index < -0.39 is 0 Å². The summed E-state index contributed by atoms with van der Waals surface area (Å²) >= 11 is 5.77. The SMILES string of the molecule is COc1ccccc1N1CCN(c2ccc(NC(=O)c3ccc(Cl)nc3)cc2)CC1. The fourth-order valence-electron chi connectivity index (χ4n) is 3.57. The van der Waals surface area contributed by atoms with Gasteiger partial charge < -0.3 is 19.9 Å². The number of aromatic nitrogens is 1. The zero-order valence-electron chi connectivity index (χ0n) is 16.7. The van der Waals surface area contributed by atoms with Crippen LogP contribution >= 0.6 is 11.6 Å². The Morgan fingerprint density at radius 1 is 0.967 bits per heavy atom. The number of benzene rings is 2. The number of carbonyl (C=O) groups is 1. The molecular weight excluding hydrogens is 400 g/mol. The van der Waals surface area contributed by atoms with Crippen molar-refractivity contribution < 1.29 is 9.53 Å². The van der Waals surface area contributed by atoms with Crippen LogP contribution in [0.4, 0.5) is 17.1 Å². The van der Waals surface area contributed by atoms with Gasteiger partial charge >= 0.3 is 0 Å². The Balaban J connectivity index is 1.36. The molecule has 1 N–H and O–H groups in total. The van der Waals surface area contributed by atoms with E-state index in [-0.39, 0.29) is 5.91 Å². The summed E-state index contributed by atoms with van der Waals surface area (Å²) in [5.41, 5.74) is 3.48. The number of halogens is 1. The second-order valence-electron chi connectivity index (χ2n) is 7.02. The van der Waals surface area contributed by atoms with E-state index in [9.17, 15) is 4.79 Å². The van der Waals surface area contributed by atoms with Crippen molar-refractivity contribution in [1.82, 2.24) is 4.98 Å².